The second-order valence-electron chi connectivity index (χ2n) is 14.8. The van der Waals surface area contributed by atoms with Gasteiger partial charge in [-0.2, -0.15) is 4.89 Å². The Kier molecular flexibility index (Phi) is 10.5. The lowest BCUT2D eigenvalue weighted by atomic mass is 9.82. The van der Waals surface area contributed by atoms with Crippen LogP contribution in [0.5, 0.6) is 86.2 Å². The molecule has 0 radical (unpaired) electrons. The molecule has 4 aliphatic heterocycles. The van der Waals surface area contributed by atoms with Crippen LogP contribution < -0.4 is 0 Å². The quantitative estimate of drug-likeness (QED) is 0.0396. The lowest BCUT2D eigenvalue weighted by Gasteiger charge is -2.40. The summed E-state index contributed by atoms with van der Waals surface area (Å²) >= 11 is 0. The number of aromatic hydroxyl groups is 15. The highest BCUT2D eigenvalue weighted by molar-refractivity contribution is 6.11. The highest BCUT2D eigenvalue weighted by atomic mass is 17.2. The molecule has 0 amide bonds. The van der Waals surface area contributed by atoms with E-state index in [-0.39, 0.29) is 0 Å². The predicted molar refractivity (Wildman–Crippen MR) is 208 cm³/mol. The Morgan fingerprint density at radius 2 is 0.853 bits per heavy atom. The molecule has 16 N–H and O–H groups in total. The summed E-state index contributed by atoms with van der Waals surface area (Å²) in [5.41, 5.74) is -11.0. The molecular formula is C41H28O27. The molecule has 5 aromatic rings. The molecule has 4 bridgehead atoms. The summed E-state index contributed by atoms with van der Waals surface area (Å²) in [7, 11) is 0. The van der Waals surface area contributed by atoms with Crippen LogP contribution in [0.2, 0.25) is 0 Å². The highest BCUT2D eigenvalue weighted by Gasteiger charge is 2.54. The number of aliphatic hydroxyl groups excluding tert-OH is 1. The van der Waals surface area contributed by atoms with Crippen molar-refractivity contribution in [1.29, 1.82) is 0 Å². The number of fused-ring (bicyclic) bond motifs is 6. The smallest absolute Gasteiger partial charge is 0.373 e. The Morgan fingerprint density at radius 1 is 0.441 bits per heavy atom. The Hall–Kier alpha value is -9.63. The number of ether oxygens (including phenoxy) is 4. The SMILES string of the molecule is O=C(OOC1COC(=O)c2cc(O)c(O)c(O)c2-c2c(cc(O)c(O)c2O)C(=O)OC1C1OC(=O)c2cc(O)c(O)c(O)c2-c2c(O)c(O)c(O)c3c2C(=O)OC1C3O)c1cc(O)c(O)c(O)c1. The summed E-state index contributed by atoms with van der Waals surface area (Å²) in [6, 6.07) is 2.17. The van der Waals surface area contributed by atoms with Crippen LogP contribution in [0.25, 0.3) is 22.3 Å². The van der Waals surface area contributed by atoms with Gasteiger partial charge in [0.25, 0.3) is 0 Å². The molecule has 354 valence electrons. The minimum atomic E-state index is -2.79. The van der Waals surface area contributed by atoms with Gasteiger partial charge in [0, 0.05) is 27.8 Å². The molecule has 5 atom stereocenters. The van der Waals surface area contributed by atoms with Crippen molar-refractivity contribution < 1.29 is 134 Å². The minimum absolute atomic E-state index is 0.327. The van der Waals surface area contributed by atoms with Gasteiger partial charge in [0.2, 0.25) is 23.0 Å². The number of esters is 4. The van der Waals surface area contributed by atoms with Crippen molar-refractivity contribution in [1.82, 2.24) is 0 Å². The largest absolute Gasteiger partial charge is 0.504 e. The molecule has 0 saturated carbocycles. The van der Waals surface area contributed by atoms with Crippen molar-refractivity contribution in [3.8, 4) is 108 Å². The average Bonchev–Trinajstić information content (AvgIpc) is 3.30. The van der Waals surface area contributed by atoms with E-state index < -0.39 is 209 Å². The molecule has 0 spiro atoms. The topological polar surface area (TPSA) is 464 Å². The minimum Gasteiger partial charge on any atom is -0.504 e. The van der Waals surface area contributed by atoms with Gasteiger partial charge in [0.15, 0.2) is 87.7 Å². The van der Waals surface area contributed by atoms with E-state index in [1.165, 1.54) is 0 Å². The number of hydrogen-bond donors (Lipinski definition) is 16. The first-order valence-corrected chi connectivity index (χ1v) is 18.7. The lowest BCUT2D eigenvalue weighted by Crippen LogP contribution is -2.56. The second kappa shape index (κ2) is 15.8. The molecule has 4 heterocycles. The number of rotatable bonds is 4. The molecule has 27 heteroatoms. The van der Waals surface area contributed by atoms with E-state index in [4.69, 9.17) is 28.7 Å². The maximum Gasteiger partial charge on any atom is 0.373 e. The fraction of sp³-hybridized carbons (Fsp3) is 0.146. The molecule has 0 aromatic heterocycles. The van der Waals surface area contributed by atoms with Crippen LogP contribution in [0, 0.1) is 0 Å². The van der Waals surface area contributed by atoms with Gasteiger partial charge in [-0.3, -0.25) is 4.89 Å². The molecule has 68 heavy (non-hydrogen) atoms. The maximum atomic E-state index is 14.6. The third kappa shape index (κ3) is 6.72. The number of carbonyl (C=O) groups is 5. The van der Waals surface area contributed by atoms with Gasteiger partial charge >= 0.3 is 29.8 Å². The number of aliphatic hydroxyl groups is 1. The monoisotopic (exact) mass is 952 g/mol. The van der Waals surface area contributed by atoms with Crippen molar-refractivity contribution in [2.24, 2.45) is 0 Å². The number of cyclic esters (lactones) is 2. The summed E-state index contributed by atoms with van der Waals surface area (Å²) in [6.07, 6.45) is -13.4. The Morgan fingerprint density at radius 3 is 1.35 bits per heavy atom. The molecular weight excluding hydrogens is 924 g/mol. The Labute approximate surface area is 373 Å². The number of phenols is 15. The Bertz CT molecular complexity index is 3080. The van der Waals surface area contributed by atoms with E-state index in [2.05, 4.69) is 0 Å². The second-order valence-corrected chi connectivity index (χ2v) is 14.8. The predicted octanol–water partition coefficient (Wildman–Crippen LogP) is 1.27. The van der Waals surface area contributed by atoms with E-state index in [0.717, 1.165) is 0 Å². The van der Waals surface area contributed by atoms with E-state index in [9.17, 15) is 106 Å². The zero-order valence-corrected chi connectivity index (χ0v) is 33.1. The first kappa shape index (κ1) is 45.0. The molecule has 0 fully saturated rings. The summed E-state index contributed by atoms with van der Waals surface area (Å²) < 4.78 is 22.0. The average molecular weight is 953 g/mol. The summed E-state index contributed by atoms with van der Waals surface area (Å²) in [5.74, 6) is -29.5. The molecule has 4 aliphatic rings. The third-order valence-electron chi connectivity index (χ3n) is 10.9. The number of carbonyl (C=O) groups excluding carboxylic acids is 5. The Balaban J connectivity index is 1.39. The highest BCUT2D eigenvalue weighted by Crippen LogP contribution is 2.58. The van der Waals surface area contributed by atoms with Crippen LogP contribution in [-0.2, 0) is 28.7 Å². The summed E-state index contributed by atoms with van der Waals surface area (Å²) in [4.78, 5) is 80.4. The normalized spacial score (nSPS) is 19.8. The van der Waals surface area contributed by atoms with Gasteiger partial charge in [-0.15, -0.1) is 0 Å². The summed E-state index contributed by atoms with van der Waals surface area (Å²) in [5, 5.41) is 171. The molecule has 9 rings (SSSR count). The molecule has 5 unspecified atom stereocenters. The van der Waals surface area contributed by atoms with Gasteiger partial charge in [0.1, 0.15) is 12.7 Å². The van der Waals surface area contributed by atoms with Gasteiger partial charge in [0.05, 0.1) is 27.8 Å². The van der Waals surface area contributed by atoms with Gasteiger partial charge in [-0.25, -0.2) is 24.0 Å². The van der Waals surface area contributed by atoms with Crippen LogP contribution in [0.1, 0.15) is 63.5 Å². The zero-order valence-electron chi connectivity index (χ0n) is 33.1. The van der Waals surface area contributed by atoms with Crippen molar-refractivity contribution in [2.45, 2.75) is 30.5 Å². The van der Waals surface area contributed by atoms with Crippen LogP contribution in [0.15, 0.2) is 30.3 Å². The first-order valence-electron chi connectivity index (χ1n) is 18.7. The van der Waals surface area contributed by atoms with Crippen LogP contribution in [-0.4, -0.2) is 143 Å². The first-order chi connectivity index (χ1) is 32.0. The van der Waals surface area contributed by atoms with Crippen molar-refractivity contribution in [3.05, 3.63) is 63.7 Å². The molecule has 0 saturated heterocycles. The third-order valence-corrected chi connectivity index (χ3v) is 10.9. The zero-order chi connectivity index (χ0) is 49.7. The van der Waals surface area contributed by atoms with E-state index in [1.54, 1.807) is 0 Å². The van der Waals surface area contributed by atoms with Crippen molar-refractivity contribution >= 4 is 29.8 Å². The molecule has 27 nitrogen and oxygen atoms in total. The number of benzene rings is 5. The van der Waals surface area contributed by atoms with Crippen LogP contribution in [0.4, 0.5) is 0 Å². The molecule has 0 aliphatic carbocycles. The fourth-order valence-corrected chi connectivity index (χ4v) is 7.64. The lowest BCUT2D eigenvalue weighted by molar-refractivity contribution is -0.307. The van der Waals surface area contributed by atoms with Gasteiger partial charge in [-0.1, -0.05) is 0 Å². The standard InChI is InChI=1S/C41H28O27/c42-11-1-7(2-12(43)23(11)47)37(58)68-67-16-6-63-38(59)8-3-13(44)24(48)27(51)17(8)18-9(4-14(45)25(49)28(18)52)39(60)64-34(16)36-35-32(56)22-21(41(62)65-35)20(30(54)33(57)31(22)55)19-10(40(61)66-36)5-15(46)26(50)29(19)53/h1-5,16,32,34-36,42-57H,6H2. The van der Waals surface area contributed by atoms with E-state index >= 15 is 0 Å². The number of phenolic OH excluding ortho intramolecular Hbond substituents is 15. The molecule has 5 aromatic carbocycles. The van der Waals surface area contributed by atoms with Crippen molar-refractivity contribution in [3.63, 3.8) is 0 Å². The number of hydrogen-bond acceptors (Lipinski definition) is 27. The summed E-state index contributed by atoms with van der Waals surface area (Å²) in [6.45, 7) is -1.51. The van der Waals surface area contributed by atoms with Crippen LogP contribution in [0.3, 0.4) is 0 Å². The van der Waals surface area contributed by atoms with E-state index in [1.807, 2.05) is 0 Å². The van der Waals surface area contributed by atoms with E-state index in [0.29, 0.717) is 30.3 Å². The van der Waals surface area contributed by atoms with Gasteiger partial charge in [-0.05, 0) is 30.3 Å². The fourth-order valence-electron chi connectivity index (χ4n) is 7.64. The van der Waals surface area contributed by atoms with Crippen LogP contribution >= 0.6 is 0 Å². The maximum absolute atomic E-state index is 14.6. The van der Waals surface area contributed by atoms with Gasteiger partial charge < -0.3 is 101 Å². The van der Waals surface area contributed by atoms with Crippen molar-refractivity contribution in [2.75, 3.05) is 6.61 Å².